The number of likely N-dealkylation sites (N-methyl/N-ethyl adjacent to an activating group) is 1. The zero-order chi connectivity index (χ0) is 13.8. The Morgan fingerprint density at radius 1 is 1.39 bits per heavy atom. The van der Waals surface area contributed by atoms with Crippen LogP contribution >= 0.6 is 0 Å². The molecule has 6 heteroatoms. The number of hydrogen-bond donors (Lipinski definition) is 0. The molecule has 0 amide bonds. The van der Waals surface area contributed by atoms with Gasteiger partial charge in [-0.1, -0.05) is 6.07 Å². The number of nitrogens with zero attached hydrogens (tertiary/aromatic N) is 1. The predicted octanol–water partition coefficient (Wildman–Crippen LogP) is 2.70. The lowest BCUT2D eigenvalue weighted by Crippen LogP contribution is -2.27. The van der Waals surface area contributed by atoms with E-state index in [1.54, 1.807) is 6.92 Å². The monoisotopic (exact) mass is 261 g/mol. The van der Waals surface area contributed by atoms with E-state index < -0.39 is 17.7 Å². The van der Waals surface area contributed by atoms with Crippen LogP contribution in [0.2, 0.25) is 0 Å². The molecule has 0 saturated heterocycles. The number of ether oxygens (including phenoxy) is 1. The quantitative estimate of drug-likeness (QED) is 0.780. The maximum Gasteiger partial charge on any atom is 0.416 e. The van der Waals surface area contributed by atoms with E-state index in [1.807, 2.05) is 0 Å². The van der Waals surface area contributed by atoms with Crippen LogP contribution < -0.4 is 4.90 Å². The molecular weight excluding hydrogens is 247 g/mol. The highest BCUT2D eigenvalue weighted by Gasteiger charge is 2.30. The van der Waals surface area contributed by atoms with Crippen LogP contribution in [0.4, 0.5) is 18.9 Å². The average Bonchev–Trinajstić information content (AvgIpc) is 2.28. The minimum atomic E-state index is -4.39. The molecule has 100 valence electrons. The second-order valence-corrected chi connectivity index (χ2v) is 3.71. The lowest BCUT2D eigenvalue weighted by atomic mass is 10.2. The van der Waals surface area contributed by atoms with Crippen LogP contribution in [0.25, 0.3) is 0 Å². The van der Waals surface area contributed by atoms with Crippen LogP contribution in [0.1, 0.15) is 12.5 Å². The number of carbonyl (C=O) groups is 1. The third-order valence-corrected chi connectivity index (χ3v) is 2.29. The number of esters is 1. The molecule has 0 aliphatic carbocycles. The molecule has 0 atom stereocenters. The average molecular weight is 261 g/mol. The van der Waals surface area contributed by atoms with Crippen molar-refractivity contribution in [3.63, 3.8) is 0 Å². The summed E-state index contributed by atoms with van der Waals surface area (Å²) >= 11 is 0. The summed E-state index contributed by atoms with van der Waals surface area (Å²) in [6.45, 7) is 1.83. The molecule has 0 N–H and O–H groups in total. The number of anilines is 1. The predicted molar refractivity (Wildman–Crippen MR) is 61.3 cm³/mol. The standard InChI is InChI=1S/C12H14F3NO2/c1-3-18-11(17)8-16(2)10-6-4-5-9(7-10)12(13,14)15/h4-7H,3,8H2,1-2H3. The Labute approximate surface area is 103 Å². The summed E-state index contributed by atoms with van der Waals surface area (Å²) in [7, 11) is 1.53. The fraction of sp³-hybridized carbons (Fsp3) is 0.417. The molecule has 0 aromatic heterocycles. The number of alkyl halides is 3. The molecule has 0 heterocycles. The molecule has 18 heavy (non-hydrogen) atoms. The van der Waals surface area contributed by atoms with Gasteiger partial charge >= 0.3 is 12.1 Å². The zero-order valence-corrected chi connectivity index (χ0v) is 10.1. The molecule has 1 aromatic rings. The molecule has 0 saturated carbocycles. The van der Waals surface area contributed by atoms with E-state index >= 15 is 0 Å². The van der Waals surface area contributed by atoms with Crippen LogP contribution in [0.15, 0.2) is 24.3 Å². The van der Waals surface area contributed by atoms with Gasteiger partial charge in [-0.3, -0.25) is 4.79 Å². The van der Waals surface area contributed by atoms with Crippen molar-refractivity contribution in [2.45, 2.75) is 13.1 Å². The van der Waals surface area contributed by atoms with Crippen molar-refractivity contribution < 1.29 is 22.7 Å². The molecular formula is C12H14F3NO2. The first-order valence-corrected chi connectivity index (χ1v) is 5.38. The molecule has 0 radical (unpaired) electrons. The Hall–Kier alpha value is -1.72. The van der Waals surface area contributed by atoms with E-state index in [1.165, 1.54) is 24.1 Å². The fourth-order valence-corrected chi connectivity index (χ4v) is 1.41. The van der Waals surface area contributed by atoms with Crippen molar-refractivity contribution in [2.24, 2.45) is 0 Å². The maximum absolute atomic E-state index is 12.5. The Morgan fingerprint density at radius 2 is 2.06 bits per heavy atom. The second-order valence-electron chi connectivity index (χ2n) is 3.71. The van der Waals surface area contributed by atoms with Crippen molar-refractivity contribution in [2.75, 3.05) is 25.1 Å². The molecule has 0 aliphatic rings. The molecule has 1 aromatic carbocycles. The van der Waals surface area contributed by atoms with Crippen molar-refractivity contribution in [3.05, 3.63) is 29.8 Å². The van der Waals surface area contributed by atoms with Gasteiger partial charge in [-0.25, -0.2) is 0 Å². The summed E-state index contributed by atoms with van der Waals surface area (Å²) in [5.74, 6) is -0.475. The van der Waals surface area contributed by atoms with Crippen molar-refractivity contribution >= 4 is 11.7 Å². The fourth-order valence-electron chi connectivity index (χ4n) is 1.41. The van der Waals surface area contributed by atoms with Gasteiger partial charge in [0, 0.05) is 12.7 Å². The van der Waals surface area contributed by atoms with E-state index in [0.29, 0.717) is 5.69 Å². The lowest BCUT2D eigenvalue weighted by molar-refractivity contribution is -0.141. The summed E-state index contributed by atoms with van der Waals surface area (Å²) < 4.78 is 42.2. The summed E-state index contributed by atoms with van der Waals surface area (Å²) in [5, 5.41) is 0. The van der Waals surface area contributed by atoms with Crippen LogP contribution in [-0.4, -0.2) is 26.2 Å². The van der Waals surface area contributed by atoms with Crippen LogP contribution in [0.3, 0.4) is 0 Å². The third-order valence-electron chi connectivity index (χ3n) is 2.29. The first kappa shape index (κ1) is 14.3. The van der Waals surface area contributed by atoms with Crippen molar-refractivity contribution in [1.82, 2.24) is 0 Å². The van der Waals surface area contributed by atoms with Crippen molar-refractivity contribution in [1.29, 1.82) is 0 Å². The topological polar surface area (TPSA) is 29.5 Å². The van der Waals surface area contributed by atoms with Gasteiger partial charge in [0.25, 0.3) is 0 Å². The molecule has 0 fully saturated rings. The van der Waals surface area contributed by atoms with Gasteiger partial charge in [0.2, 0.25) is 0 Å². The van der Waals surface area contributed by atoms with Crippen LogP contribution in [0, 0.1) is 0 Å². The Bertz CT molecular complexity index is 418. The first-order chi connectivity index (χ1) is 8.34. The maximum atomic E-state index is 12.5. The number of halogens is 3. The second kappa shape index (κ2) is 5.75. The molecule has 0 unspecified atom stereocenters. The zero-order valence-electron chi connectivity index (χ0n) is 10.1. The normalized spacial score (nSPS) is 11.2. The van der Waals surface area contributed by atoms with Gasteiger partial charge in [0.15, 0.2) is 0 Å². The SMILES string of the molecule is CCOC(=O)CN(C)c1cccc(C(F)(F)F)c1. The van der Waals surface area contributed by atoms with Crippen LogP contribution in [-0.2, 0) is 15.7 Å². The largest absolute Gasteiger partial charge is 0.465 e. The third kappa shape index (κ3) is 3.94. The van der Waals surface area contributed by atoms with Gasteiger partial charge in [0.05, 0.1) is 12.2 Å². The van der Waals surface area contributed by atoms with Crippen molar-refractivity contribution in [3.8, 4) is 0 Å². The van der Waals surface area contributed by atoms with Gasteiger partial charge < -0.3 is 9.64 Å². The highest BCUT2D eigenvalue weighted by atomic mass is 19.4. The number of carbonyl (C=O) groups excluding carboxylic acids is 1. The van der Waals surface area contributed by atoms with Gasteiger partial charge in [-0.2, -0.15) is 13.2 Å². The Kier molecular flexibility index (Phi) is 4.58. The van der Waals surface area contributed by atoms with Crippen LogP contribution in [0.5, 0.6) is 0 Å². The van der Waals surface area contributed by atoms with E-state index in [-0.39, 0.29) is 13.2 Å². The molecule has 0 spiro atoms. The summed E-state index contributed by atoms with van der Waals surface area (Å²) in [4.78, 5) is 12.6. The number of benzene rings is 1. The first-order valence-electron chi connectivity index (χ1n) is 5.38. The minimum Gasteiger partial charge on any atom is -0.465 e. The number of rotatable bonds is 4. The Balaban J connectivity index is 2.80. The molecule has 1 rings (SSSR count). The highest BCUT2D eigenvalue weighted by molar-refractivity contribution is 5.75. The Morgan fingerprint density at radius 3 is 2.61 bits per heavy atom. The van der Waals surface area contributed by atoms with Gasteiger partial charge in [0.1, 0.15) is 6.54 Å². The minimum absolute atomic E-state index is 0.0881. The summed E-state index contributed by atoms with van der Waals surface area (Å²) in [6, 6.07) is 4.80. The molecule has 0 bridgehead atoms. The lowest BCUT2D eigenvalue weighted by Gasteiger charge is -2.19. The number of hydrogen-bond acceptors (Lipinski definition) is 3. The molecule has 0 aliphatic heterocycles. The summed E-state index contributed by atoms with van der Waals surface area (Å²) in [6.07, 6.45) is -4.39. The smallest absolute Gasteiger partial charge is 0.416 e. The molecule has 3 nitrogen and oxygen atoms in total. The van der Waals surface area contributed by atoms with Gasteiger partial charge in [-0.15, -0.1) is 0 Å². The van der Waals surface area contributed by atoms with E-state index in [9.17, 15) is 18.0 Å². The van der Waals surface area contributed by atoms with E-state index in [4.69, 9.17) is 4.74 Å². The van der Waals surface area contributed by atoms with E-state index in [0.717, 1.165) is 12.1 Å². The van der Waals surface area contributed by atoms with Gasteiger partial charge in [-0.05, 0) is 25.1 Å². The highest BCUT2D eigenvalue weighted by Crippen LogP contribution is 2.31. The summed E-state index contributed by atoms with van der Waals surface area (Å²) in [5.41, 5.74) is -0.423. The van der Waals surface area contributed by atoms with E-state index in [2.05, 4.69) is 0 Å².